The van der Waals surface area contributed by atoms with Crippen LogP contribution in [0, 0.1) is 6.92 Å². The monoisotopic (exact) mass is 279 g/mol. The van der Waals surface area contributed by atoms with Crippen LogP contribution in [0.3, 0.4) is 0 Å². The van der Waals surface area contributed by atoms with Gasteiger partial charge in [-0.3, -0.25) is 9.89 Å². The van der Waals surface area contributed by atoms with Gasteiger partial charge in [0.25, 0.3) is 5.91 Å². The Morgan fingerprint density at radius 1 is 1.14 bits per heavy atom. The normalized spacial score (nSPS) is 10.8. The van der Waals surface area contributed by atoms with Crippen molar-refractivity contribution < 1.29 is 4.79 Å². The van der Waals surface area contributed by atoms with Crippen molar-refractivity contribution in [3.05, 3.63) is 53.7 Å². The minimum Gasteiger partial charge on any atom is -0.345 e. The number of aryl methyl sites for hydroxylation is 1. The summed E-state index contributed by atoms with van der Waals surface area (Å²) in [5, 5.41) is 8.12. The van der Waals surface area contributed by atoms with Gasteiger partial charge in [0.2, 0.25) is 0 Å². The van der Waals surface area contributed by atoms with Gasteiger partial charge in [-0.2, -0.15) is 5.10 Å². The summed E-state index contributed by atoms with van der Waals surface area (Å²) in [7, 11) is 3.51. The van der Waals surface area contributed by atoms with Gasteiger partial charge in [-0.1, -0.05) is 12.1 Å². The van der Waals surface area contributed by atoms with E-state index < -0.39 is 0 Å². The van der Waals surface area contributed by atoms with Crippen LogP contribution in [0.15, 0.2) is 42.6 Å². The van der Waals surface area contributed by atoms with Crippen molar-refractivity contribution in [2.75, 3.05) is 14.1 Å². The first-order chi connectivity index (χ1) is 10.1. The summed E-state index contributed by atoms with van der Waals surface area (Å²) in [6.45, 7) is 2.08. The van der Waals surface area contributed by atoms with Gasteiger partial charge in [-0.25, -0.2) is 0 Å². The highest BCUT2D eigenvalue weighted by Gasteiger charge is 2.09. The zero-order chi connectivity index (χ0) is 15.0. The molecule has 1 N–H and O–H groups in total. The predicted octanol–water partition coefficient (Wildman–Crippen LogP) is 3.24. The molecule has 1 amide bonds. The maximum Gasteiger partial charge on any atom is 0.253 e. The molecule has 0 saturated carbocycles. The number of hydrogen-bond donors (Lipinski definition) is 1. The zero-order valence-electron chi connectivity index (χ0n) is 12.3. The number of H-pyrrole nitrogens is 1. The number of amides is 1. The van der Waals surface area contributed by atoms with Crippen molar-refractivity contribution in [2.24, 2.45) is 0 Å². The summed E-state index contributed by atoms with van der Waals surface area (Å²) in [6.07, 6.45) is 1.82. The van der Waals surface area contributed by atoms with Crippen LogP contribution < -0.4 is 0 Å². The van der Waals surface area contributed by atoms with E-state index >= 15 is 0 Å². The minimum atomic E-state index is 0.0172. The molecule has 0 bridgehead atoms. The second kappa shape index (κ2) is 5.05. The largest absolute Gasteiger partial charge is 0.345 e. The first-order valence-corrected chi connectivity index (χ1v) is 6.82. The average molecular weight is 279 g/mol. The van der Waals surface area contributed by atoms with Gasteiger partial charge >= 0.3 is 0 Å². The molecule has 0 atom stereocenters. The number of benzene rings is 2. The number of nitrogens with zero attached hydrogens (tertiary/aromatic N) is 2. The summed E-state index contributed by atoms with van der Waals surface area (Å²) in [5.41, 5.74) is 5.18. The Bertz CT molecular complexity index is 801. The van der Waals surface area contributed by atoms with Gasteiger partial charge in [0, 0.05) is 25.0 Å². The van der Waals surface area contributed by atoms with Gasteiger partial charge in [0.05, 0.1) is 11.7 Å². The quantitative estimate of drug-likeness (QED) is 0.783. The highest BCUT2D eigenvalue weighted by atomic mass is 16.2. The molecule has 0 unspecified atom stereocenters. The fourth-order valence-corrected chi connectivity index (χ4v) is 2.46. The standard InChI is InChI=1S/C17H17N3O/c1-11-8-16-14(10-18-19-16)9-15(11)12-4-6-13(7-5-12)17(21)20(2)3/h4-10H,1-3H3,(H,18,19). The van der Waals surface area contributed by atoms with E-state index in [-0.39, 0.29) is 5.91 Å². The third-order valence-corrected chi connectivity index (χ3v) is 3.63. The molecule has 0 aliphatic rings. The molecule has 0 spiro atoms. The predicted molar refractivity (Wildman–Crippen MR) is 84.3 cm³/mol. The summed E-state index contributed by atoms with van der Waals surface area (Å²) in [5.74, 6) is 0.0172. The van der Waals surface area contributed by atoms with Crippen LogP contribution in [0.5, 0.6) is 0 Å². The summed E-state index contributed by atoms with van der Waals surface area (Å²) in [4.78, 5) is 13.5. The smallest absolute Gasteiger partial charge is 0.253 e. The number of fused-ring (bicyclic) bond motifs is 1. The van der Waals surface area contributed by atoms with Gasteiger partial charge < -0.3 is 4.90 Å². The minimum absolute atomic E-state index is 0.0172. The molecule has 106 valence electrons. The molecule has 3 rings (SSSR count). The molecule has 0 aliphatic heterocycles. The second-order valence-corrected chi connectivity index (χ2v) is 5.40. The fourth-order valence-electron chi connectivity index (χ4n) is 2.46. The molecule has 21 heavy (non-hydrogen) atoms. The fraction of sp³-hybridized carbons (Fsp3) is 0.176. The summed E-state index contributed by atoms with van der Waals surface area (Å²) in [6, 6.07) is 11.9. The van der Waals surface area contributed by atoms with E-state index in [0.29, 0.717) is 5.56 Å². The maximum atomic E-state index is 11.9. The summed E-state index contributed by atoms with van der Waals surface area (Å²) >= 11 is 0. The van der Waals surface area contributed by atoms with Crippen LogP contribution in [0.2, 0.25) is 0 Å². The van der Waals surface area contributed by atoms with Crippen LogP contribution in [0.4, 0.5) is 0 Å². The average Bonchev–Trinajstić information content (AvgIpc) is 2.93. The van der Waals surface area contributed by atoms with Crippen molar-refractivity contribution in [1.82, 2.24) is 15.1 Å². The van der Waals surface area contributed by atoms with E-state index in [1.165, 1.54) is 5.56 Å². The molecule has 0 aliphatic carbocycles. The number of carbonyl (C=O) groups excluding carboxylic acids is 1. The molecule has 0 fully saturated rings. The first-order valence-electron chi connectivity index (χ1n) is 6.82. The molecular formula is C17H17N3O. The van der Waals surface area contributed by atoms with Gasteiger partial charge in [0.15, 0.2) is 0 Å². The number of carbonyl (C=O) groups is 1. The zero-order valence-corrected chi connectivity index (χ0v) is 12.3. The van der Waals surface area contributed by atoms with Gasteiger partial charge in [0.1, 0.15) is 0 Å². The van der Waals surface area contributed by atoms with Crippen molar-refractivity contribution in [2.45, 2.75) is 6.92 Å². The van der Waals surface area contributed by atoms with Crippen LogP contribution in [0.1, 0.15) is 15.9 Å². The van der Waals surface area contributed by atoms with Crippen molar-refractivity contribution in [1.29, 1.82) is 0 Å². The molecular weight excluding hydrogens is 262 g/mol. The SMILES string of the molecule is Cc1cc2[nH]ncc2cc1-c1ccc(C(=O)N(C)C)cc1. The first kappa shape index (κ1) is 13.4. The van der Waals surface area contributed by atoms with E-state index in [0.717, 1.165) is 22.0 Å². The maximum absolute atomic E-state index is 11.9. The Balaban J connectivity index is 2.02. The Morgan fingerprint density at radius 3 is 2.52 bits per heavy atom. The Morgan fingerprint density at radius 2 is 1.86 bits per heavy atom. The molecule has 4 heteroatoms. The lowest BCUT2D eigenvalue weighted by atomic mass is 9.98. The van der Waals surface area contributed by atoms with Crippen LogP contribution >= 0.6 is 0 Å². The van der Waals surface area contributed by atoms with Crippen molar-refractivity contribution in [3.63, 3.8) is 0 Å². The second-order valence-electron chi connectivity index (χ2n) is 5.40. The van der Waals surface area contributed by atoms with Crippen LogP contribution in [0.25, 0.3) is 22.0 Å². The number of rotatable bonds is 2. The van der Waals surface area contributed by atoms with Gasteiger partial charge in [-0.05, 0) is 47.9 Å². The third-order valence-electron chi connectivity index (χ3n) is 3.63. The lowest BCUT2D eigenvalue weighted by Gasteiger charge is -2.11. The van der Waals surface area contributed by atoms with E-state index in [1.54, 1.807) is 19.0 Å². The van der Waals surface area contributed by atoms with Gasteiger partial charge in [-0.15, -0.1) is 0 Å². The Hall–Kier alpha value is -2.62. The molecule has 3 aromatic rings. The lowest BCUT2D eigenvalue weighted by molar-refractivity contribution is 0.0827. The molecule has 2 aromatic carbocycles. The van der Waals surface area contributed by atoms with E-state index in [2.05, 4.69) is 29.3 Å². The molecule has 0 saturated heterocycles. The molecule has 1 aromatic heterocycles. The summed E-state index contributed by atoms with van der Waals surface area (Å²) < 4.78 is 0. The third kappa shape index (κ3) is 2.40. The van der Waals surface area contributed by atoms with Crippen LogP contribution in [-0.4, -0.2) is 35.1 Å². The topological polar surface area (TPSA) is 49.0 Å². The Labute approximate surface area is 123 Å². The van der Waals surface area contributed by atoms with E-state index in [4.69, 9.17) is 0 Å². The highest BCUT2D eigenvalue weighted by Crippen LogP contribution is 2.27. The number of aromatic amines is 1. The van der Waals surface area contributed by atoms with E-state index in [9.17, 15) is 4.79 Å². The number of aromatic nitrogens is 2. The molecule has 1 heterocycles. The molecule has 0 radical (unpaired) electrons. The van der Waals surface area contributed by atoms with E-state index in [1.807, 2.05) is 30.5 Å². The Kier molecular flexibility index (Phi) is 3.22. The highest BCUT2D eigenvalue weighted by molar-refractivity contribution is 5.94. The number of hydrogen-bond acceptors (Lipinski definition) is 2. The van der Waals surface area contributed by atoms with Crippen molar-refractivity contribution in [3.8, 4) is 11.1 Å². The van der Waals surface area contributed by atoms with Crippen molar-refractivity contribution >= 4 is 16.8 Å². The lowest BCUT2D eigenvalue weighted by Crippen LogP contribution is -2.21. The number of nitrogens with one attached hydrogen (secondary N) is 1. The van der Waals surface area contributed by atoms with Crippen LogP contribution in [-0.2, 0) is 0 Å². The molecule has 4 nitrogen and oxygen atoms in total.